The molecule has 0 aliphatic heterocycles. The number of halogens is 5. The van der Waals surface area contributed by atoms with E-state index >= 15 is 0 Å². The van der Waals surface area contributed by atoms with Crippen molar-refractivity contribution in [3.05, 3.63) is 123 Å². The van der Waals surface area contributed by atoms with E-state index in [0.717, 1.165) is 41.8 Å². The zero-order valence-electron chi connectivity index (χ0n) is 21.8. The van der Waals surface area contributed by atoms with Gasteiger partial charge in [0.15, 0.2) is 0 Å². The number of alkyl halides is 3. The van der Waals surface area contributed by atoms with Crippen LogP contribution in [-0.2, 0) is 25.7 Å². The molecule has 0 aliphatic carbocycles. The third-order valence-electron chi connectivity index (χ3n) is 5.24. The molecule has 0 atom stereocenters. The van der Waals surface area contributed by atoms with E-state index in [2.05, 4.69) is 61.1 Å². The molecule has 3 rings (SSSR count). The Bertz CT molecular complexity index is 1100. The molecule has 0 unspecified atom stereocenters. The highest BCUT2D eigenvalue weighted by molar-refractivity contribution is 6.35. The summed E-state index contributed by atoms with van der Waals surface area (Å²) < 4.78 is 38.8. The molecular formula is C31H35Cl2F3O. The summed E-state index contributed by atoms with van der Waals surface area (Å²) in [6, 6.07) is 20.0. The Morgan fingerprint density at radius 2 is 1.38 bits per heavy atom. The van der Waals surface area contributed by atoms with E-state index in [1.165, 1.54) is 23.3 Å². The van der Waals surface area contributed by atoms with Gasteiger partial charge >= 0.3 is 6.36 Å². The quantitative estimate of drug-likeness (QED) is 0.266. The average molecular weight is 552 g/mol. The lowest BCUT2D eigenvalue weighted by molar-refractivity contribution is -0.274. The van der Waals surface area contributed by atoms with E-state index in [9.17, 15) is 13.2 Å². The fourth-order valence-corrected chi connectivity index (χ4v) is 3.76. The summed E-state index contributed by atoms with van der Waals surface area (Å²) >= 11 is 11.5. The standard InChI is InChI=1S/C14H18.C9H9F3O.C8H8Cl2/c1-3-5-6-7-11-14-12-9-8-10-13(14)4-2;1-2-7-3-5-8(6-4-7)13-9(10,11)12;1-2-6-3-4-7(9)5-8(6)10/h3,5-10,12H,4,11H2,1-2H3;3-6H,2H2,1H3;3-5H,2H2,1H3/b5-3-,7-6-;;. The predicted octanol–water partition coefficient (Wildman–Crippen LogP) is 10.6. The van der Waals surface area contributed by atoms with E-state index in [4.69, 9.17) is 23.2 Å². The van der Waals surface area contributed by atoms with Crippen LogP contribution in [0.3, 0.4) is 0 Å². The molecular weight excluding hydrogens is 516 g/mol. The van der Waals surface area contributed by atoms with E-state index in [-0.39, 0.29) is 5.75 Å². The van der Waals surface area contributed by atoms with Crippen molar-refractivity contribution in [1.29, 1.82) is 0 Å². The van der Waals surface area contributed by atoms with Gasteiger partial charge in [-0.15, -0.1) is 13.2 Å². The van der Waals surface area contributed by atoms with Crippen LogP contribution in [0.1, 0.15) is 49.9 Å². The minimum atomic E-state index is -4.60. The van der Waals surface area contributed by atoms with Crippen molar-refractivity contribution in [2.45, 2.75) is 59.7 Å². The second kappa shape index (κ2) is 17.7. The molecule has 0 N–H and O–H groups in total. The Morgan fingerprint density at radius 3 is 1.89 bits per heavy atom. The number of hydrogen-bond donors (Lipinski definition) is 0. The number of ether oxygens (including phenoxy) is 1. The lowest BCUT2D eigenvalue weighted by atomic mass is 10.0. The van der Waals surface area contributed by atoms with Gasteiger partial charge in [-0.2, -0.15) is 0 Å². The van der Waals surface area contributed by atoms with Gasteiger partial charge in [0.1, 0.15) is 5.75 Å². The summed E-state index contributed by atoms with van der Waals surface area (Å²) in [6.45, 7) is 8.23. The molecule has 0 fully saturated rings. The fourth-order valence-electron chi connectivity index (χ4n) is 3.22. The monoisotopic (exact) mass is 550 g/mol. The third kappa shape index (κ3) is 14.0. The van der Waals surface area contributed by atoms with Gasteiger partial charge in [0.05, 0.1) is 0 Å². The van der Waals surface area contributed by atoms with Crippen LogP contribution in [0.5, 0.6) is 5.75 Å². The van der Waals surface area contributed by atoms with Crippen molar-refractivity contribution < 1.29 is 17.9 Å². The molecule has 0 bridgehead atoms. The van der Waals surface area contributed by atoms with Crippen LogP contribution >= 0.6 is 23.2 Å². The molecule has 1 nitrogen and oxygen atoms in total. The summed E-state index contributed by atoms with van der Waals surface area (Å²) in [5.41, 5.74) is 5.02. The highest BCUT2D eigenvalue weighted by Gasteiger charge is 2.30. The molecule has 200 valence electrons. The van der Waals surface area contributed by atoms with E-state index in [1.54, 1.807) is 18.2 Å². The Morgan fingerprint density at radius 1 is 0.757 bits per heavy atom. The maximum absolute atomic E-state index is 11.7. The van der Waals surface area contributed by atoms with Crippen LogP contribution in [0.15, 0.2) is 91.0 Å². The van der Waals surface area contributed by atoms with Crippen molar-refractivity contribution in [2.75, 3.05) is 0 Å². The van der Waals surface area contributed by atoms with E-state index < -0.39 is 6.36 Å². The summed E-state index contributed by atoms with van der Waals surface area (Å²) in [5, 5.41) is 1.46. The van der Waals surface area contributed by atoms with Crippen LogP contribution < -0.4 is 4.74 Å². The number of allylic oxidation sites excluding steroid dienone is 4. The first-order valence-corrected chi connectivity index (χ1v) is 13.0. The molecule has 6 heteroatoms. The fraction of sp³-hybridized carbons (Fsp3) is 0.290. The molecule has 0 saturated carbocycles. The highest BCUT2D eigenvalue weighted by atomic mass is 35.5. The van der Waals surface area contributed by atoms with Crippen LogP contribution in [0.2, 0.25) is 10.0 Å². The lowest BCUT2D eigenvalue weighted by Crippen LogP contribution is -2.16. The number of rotatable bonds is 7. The smallest absolute Gasteiger partial charge is 0.406 e. The van der Waals surface area contributed by atoms with Gasteiger partial charge in [0.2, 0.25) is 0 Å². The van der Waals surface area contributed by atoms with Gasteiger partial charge in [0.25, 0.3) is 0 Å². The average Bonchev–Trinajstić information content (AvgIpc) is 2.87. The zero-order chi connectivity index (χ0) is 27.7. The maximum atomic E-state index is 11.7. The minimum Gasteiger partial charge on any atom is -0.406 e. The number of benzene rings is 3. The molecule has 0 spiro atoms. The van der Waals surface area contributed by atoms with Crippen molar-refractivity contribution >= 4 is 23.2 Å². The molecule has 0 aliphatic rings. The van der Waals surface area contributed by atoms with Gasteiger partial charge < -0.3 is 4.74 Å². The summed E-state index contributed by atoms with van der Waals surface area (Å²) in [7, 11) is 0. The largest absolute Gasteiger partial charge is 0.573 e. The molecule has 0 aromatic heterocycles. The first-order valence-electron chi connectivity index (χ1n) is 12.3. The van der Waals surface area contributed by atoms with Gasteiger partial charge in [-0.25, -0.2) is 0 Å². The molecule has 0 amide bonds. The van der Waals surface area contributed by atoms with Gasteiger partial charge in [-0.3, -0.25) is 0 Å². The topological polar surface area (TPSA) is 9.23 Å². The van der Waals surface area contributed by atoms with Gasteiger partial charge in [-0.05, 0) is 79.1 Å². The van der Waals surface area contributed by atoms with Crippen molar-refractivity contribution in [3.63, 3.8) is 0 Å². The summed E-state index contributed by atoms with van der Waals surface area (Å²) in [4.78, 5) is 0. The summed E-state index contributed by atoms with van der Waals surface area (Å²) in [6.07, 6.45) is 7.72. The molecule has 3 aromatic carbocycles. The van der Waals surface area contributed by atoms with Crippen molar-refractivity contribution in [1.82, 2.24) is 0 Å². The first kappa shape index (κ1) is 32.3. The van der Waals surface area contributed by atoms with E-state index in [1.807, 2.05) is 32.1 Å². The Hall–Kier alpha value is -2.69. The zero-order valence-corrected chi connectivity index (χ0v) is 23.3. The Labute approximate surface area is 229 Å². The third-order valence-corrected chi connectivity index (χ3v) is 5.82. The molecule has 0 heterocycles. The normalized spacial score (nSPS) is 11.1. The minimum absolute atomic E-state index is 0.176. The molecule has 0 saturated heterocycles. The first-order chi connectivity index (χ1) is 17.6. The number of aryl methyl sites for hydroxylation is 3. The van der Waals surface area contributed by atoms with Crippen LogP contribution in [0.4, 0.5) is 13.2 Å². The van der Waals surface area contributed by atoms with Crippen LogP contribution in [0.25, 0.3) is 0 Å². The van der Waals surface area contributed by atoms with Gasteiger partial charge in [-0.1, -0.05) is 111 Å². The molecule has 37 heavy (non-hydrogen) atoms. The Balaban J connectivity index is 0.000000281. The predicted molar refractivity (Wildman–Crippen MR) is 152 cm³/mol. The molecule has 3 aromatic rings. The van der Waals surface area contributed by atoms with Gasteiger partial charge in [0, 0.05) is 10.0 Å². The lowest BCUT2D eigenvalue weighted by Gasteiger charge is -2.08. The van der Waals surface area contributed by atoms with E-state index in [0.29, 0.717) is 5.02 Å². The van der Waals surface area contributed by atoms with Crippen molar-refractivity contribution in [3.8, 4) is 5.75 Å². The summed E-state index contributed by atoms with van der Waals surface area (Å²) in [5.74, 6) is -0.176. The number of hydrogen-bond acceptors (Lipinski definition) is 1. The maximum Gasteiger partial charge on any atom is 0.573 e. The SMILES string of the molecule is C/C=C\C=C/Cc1ccccc1CC.CCc1ccc(Cl)cc1Cl.CCc1ccc(OC(F)(F)F)cc1. The van der Waals surface area contributed by atoms with Crippen molar-refractivity contribution in [2.24, 2.45) is 0 Å². The second-order valence-electron chi connectivity index (χ2n) is 7.91. The van der Waals surface area contributed by atoms with Crippen LogP contribution in [-0.4, -0.2) is 6.36 Å². The highest BCUT2D eigenvalue weighted by Crippen LogP contribution is 2.23. The second-order valence-corrected chi connectivity index (χ2v) is 8.76. The van der Waals surface area contributed by atoms with Crippen LogP contribution in [0, 0.1) is 0 Å². The Kier molecular flexibility index (Phi) is 15.5. The molecule has 0 radical (unpaired) electrons.